The van der Waals surface area contributed by atoms with Crippen LogP contribution in [0.15, 0.2) is 24.5 Å². The van der Waals surface area contributed by atoms with Crippen LogP contribution in [0.25, 0.3) is 10.6 Å². The Morgan fingerprint density at radius 1 is 1.25 bits per heavy atom. The van der Waals surface area contributed by atoms with Gasteiger partial charge in [-0.1, -0.05) is 0 Å². The van der Waals surface area contributed by atoms with Crippen molar-refractivity contribution in [2.24, 2.45) is 5.73 Å². The predicted octanol–water partition coefficient (Wildman–Crippen LogP) is 2.82. The van der Waals surface area contributed by atoms with Crippen molar-refractivity contribution in [3.8, 4) is 10.6 Å². The lowest BCUT2D eigenvalue weighted by molar-refractivity contribution is 1.06. The summed E-state index contributed by atoms with van der Waals surface area (Å²) in [4.78, 5) is 9.58. The molecule has 0 aliphatic heterocycles. The molecule has 2 aromatic rings. The second kappa shape index (κ2) is 6.81. The highest BCUT2D eigenvalue weighted by Crippen LogP contribution is 2.26. The first-order chi connectivity index (χ1) is 6.81. The third kappa shape index (κ3) is 3.15. The van der Waals surface area contributed by atoms with Crippen molar-refractivity contribution in [3.05, 3.63) is 35.1 Å². The first kappa shape index (κ1) is 15.3. The number of nitrogens with zero attached hydrogens (tertiary/aromatic N) is 2. The Bertz CT molecular complexity index is 431. The standard InChI is InChI=1S/C10H11N3S.2ClH/c1-7-9(6-11)14-10(13-7)8-2-4-12-5-3-8;;/h2-5H,6,11H2,1H3;2*1H. The lowest BCUT2D eigenvalue weighted by Crippen LogP contribution is -1.94. The predicted molar refractivity (Wildman–Crippen MR) is 72.5 cm³/mol. The number of hydrogen-bond acceptors (Lipinski definition) is 4. The largest absolute Gasteiger partial charge is 0.326 e. The van der Waals surface area contributed by atoms with E-state index in [1.807, 2.05) is 19.1 Å². The van der Waals surface area contributed by atoms with E-state index in [0.29, 0.717) is 6.54 Å². The Hall–Kier alpha value is -0.680. The van der Waals surface area contributed by atoms with Crippen molar-refractivity contribution >= 4 is 36.2 Å². The van der Waals surface area contributed by atoms with Crippen LogP contribution in [0.1, 0.15) is 10.6 Å². The molecule has 0 aliphatic carbocycles. The number of nitrogens with two attached hydrogens (primary N) is 1. The summed E-state index contributed by atoms with van der Waals surface area (Å²) in [5.74, 6) is 0. The van der Waals surface area contributed by atoms with Gasteiger partial charge in [-0.3, -0.25) is 4.98 Å². The highest BCUT2D eigenvalue weighted by molar-refractivity contribution is 7.15. The minimum atomic E-state index is 0. The third-order valence-corrected chi connectivity index (χ3v) is 3.23. The first-order valence-corrected chi connectivity index (χ1v) is 5.19. The molecule has 0 bridgehead atoms. The molecule has 0 saturated carbocycles. The van der Waals surface area contributed by atoms with Crippen LogP contribution < -0.4 is 5.73 Å². The normalized spacial score (nSPS) is 9.12. The molecule has 0 aliphatic rings. The van der Waals surface area contributed by atoms with Crippen LogP contribution in [-0.2, 0) is 6.54 Å². The summed E-state index contributed by atoms with van der Waals surface area (Å²) < 4.78 is 0. The van der Waals surface area contributed by atoms with E-state index in [9.17, 15) is 0 Å². The first-order valence-electron chi connectivity index (χ1n) is 4.38. The van der Waals surface area contributed by atoms with Crippen molar-refractivity contribution < 1.29 is 0 Å². The molecule has 0 spiro atoms. The van der Waals surface area contributed by atoms with E-state index >= 15 is 0 Å². The van der Waals surface area contributed by atoms with Gasteiger partial charge < -0.3 is 5.73 Å². The second-order valence-corrected chi connectivity index (χ2v) is 4.05. The quantitative estimate of drug-likeness (QED) is 0.919. The molecule has 0 atom stereocenters. The summed E-state index contributed by atoms with van der Waals surface area (Å²) in [6, 6.07) is 3.91. The minimum Gasteiger partial charge on any atom is -0.326 e. The van der Waals surface area contributed by atoms with Gasteiger partial charge in [-0.05, 0) is 19.1 Å². The summed E-state index contributed by atoms with van der Waals surface area (Å²) >= 11 is 1.65. The smallest absolute Gasteiger partial charge is 0.124 e. The SMILES string of the molecule is Cc1nc(-c2ccncc2)sc1CN.Cl.Cl. The number of thiazole rings is 1. The van der Waals surface area contributed by atoms with E-state index in [0.717, 1.165) is 21.1 Å². The second-order valence-electron chi connectivity index (χ2n) is 2.97. The zero-order chi connectivity index (χ0) is 9.97. The van der Waals surface area contributed by atoms with Crippen LogP contribution >= 0.6 is 36.2 Å². The molecule has 0 radical (unpaired) electrons. The molecule has 0 fully saturated rings. The van der Waals surface area contributed by atoms with E-state index in [-0.39, 0.29) is 24.8 Å². The summed E-state index contributed by atoms with van der Waals surface area (Å²) in [6.07, 6.45) is 3.54. The van der Waals surface area contributed by atoms with Gasteiger partial charge in [0.25, 0.3) is 0 Å². The molecule has 2 aromatic heterocycles. The van der Waals surface area contributed by atoms with Gasteiger partial charge >= 0.3 is 0 Å². The highest BCUT2D eigenvalue weighted by atomic mass is 35.5. The zero-order valence-corrected chi connectivity index (χ0v) is 11.2. The molecular formula is C10H13Cl2N3S. The molecule has 2 N–H and O–H groups in total. The maximum atomic E-state index is 5.60. The average molecular weight is 278 g/mol. The summed E-state index contributed by atoms with van der Waals surface area (Å²) in [5.41, 5.74) is 7.74. The number of hydrogen-bond donors (Lipinski definition) is 1. The molecule has 6 heteroatoms. The van der Waals surface area contributed by atoms with Crippen molar-refractivity contribution in [1.29, 1.82) is 0 Å². The Kier molecular flexibility index (Phi) is 6.52. The molecule has 88 valence electrons. The van der Waals surface area contributed by atoms with Gasteiger partial charge in [0.15, 0.2) is 0 Å². The highest BCUT2D eigenvalue weighted by Gasteiger charge is 2.07. The van der Waals surface area contributed by atoms with E-state index in [1.165, 1.54) is 0 Å². The molecular weight excluding hydrogens is 265 g/mol. The van der Waals surface area contributed by atoms with Gasteiger partial charge in [0, 0.05) is 29.4 Å². The van der Waals surface area contributed by atoms with E-state index in [1.54, 1.807) is 23.7 Å². The van der Waals surface area contributed by atoms with Crippen LogP contribution in [0.2, 0.25) is 0 Å². The van der Waals surface area contributed by atoms with Crippen molar-refractivity contribution in [2.75, 3.05) is 0 Å². The number of rotatable bonds is 2. The maximum absolute atomic E-state index is 5.60. The van der Waals surface area contributed by atoms with Crippen LogP contribution in [0, 0.1) is 6.92 Å². The van der Waals surface area contributed by atoms with Gasteiger partial charge in [-0.25, -0.2) is 4.98 Å². The number of halogens is 2. The topological polar surface area (TPSA) is 51.8 Å². The number of aromatic nitrogens is 2. The number of aryl methyl sites for hydroxylation is 1. The van der Waals surface area contributed by atoms with Gasteiger partial charge in [0.1, 0.15) is 5.01 Å². The van der Waals surface area contributed by atoms with Crippen molar-refractivity contribution in [1.82, 2.24) is 9.97 Å². The van der Waals surface area contributed by atoms with E-state index in [2.05, 4.69) is 9.97 Å². The third-order valence-electron chi connectivity index (χ3n) is 2.01. The monoisotopic (exact) mass is 277 g/mol. The van der Waals surface area contributed by atoms with Crippen LogP contribution in [0.4, 0.5) is 0 Å². The van der Waals surface area contributed by atoms with Crippen molar-refractivity contribution in [3.63, 3.8) is 0 Å². The Morgan fingerprint density at radius 3 is 2.38 bits per heavy atom. The fraction of sp³-hybridized carbons (Fsp3) is 0.200. The molecule has 0 aromatic carbocycles. The molecule has 0 amide bonds. The fourth-order valence-electron chi connectivity index (χ4n) is 1.24. The molecule has 0 unspecified atom stereocenters. The average Bonchev–Trinajstić information content (AvgIpc) is 2.61. The molecule has 3 nitrogen and oxygen atoms in total. The van der Waals surface area contributed by atoms with Crippen molar-refractivity contribution in [2.45, 2.75) is 13.5 Å². The van der Waals surface area contributed by atoms with Gasteiger partial charge in [0.05, 0.1) is 5.69 Å². The zero-order valence-electron chi connectivity index (χ0n) is 8.71. The molecule has 2 rings (SSSR count). The Morgan fingerprint density at radius 2 is 1.88 bits per heavy atom. The molecule has 2 heterocycles. The fourth-order valence-corrected chi connectivity index (χ4v) is 2.18. The van der Waals surface area contributed by atoms with Gasteiger partial charge in [-0.2, -0.15) is 0 Å². The summed E-state index contributed by atoms with van der Waals surface area (Å²) in [7, 11) is 0. The lowest BCUT2D eigenvalue weighted by atomic mass is 10.3. The maximum Gasteiger partial charge on any atom is 0.124 e. The van der Waals surface area contributed by atoms with Gasteiger partial charge in [0.2, 0.25) is 0 Å². The number of pyridine rings is 1. The Labute approximate surface area is 111 Å². The lowest BCUT2D eigenvalue weighted by Gasteiger charge is -1.92. The summed E-state index contributed by atoms with van der Waals surface area (Å²) in [6.45, 7) is 2.55. The van der Waals surface area contributed by atoms with Crippen LogP contribution in [-0.4, -0.2) is 9.97 Å². The van der Waals surface area contributed by atoms with Crippen LogP contribution in [0.5, 0.6) is 0 Å². The van der Waals surface area contributed by atoms with Gasteiger partial charge in [-0.15, -0.1) is 36.2 Å². The van der Waals surface area contributed by atoms with E-state index in [4.69, 9.17) is 5.73 Å². The van der Waals surface area contributed by atoms with E-state index < -0.39 is 0 Å². The molecule has 16 heavy (non-hydrogen) atoms. The van der Waals surface area contributed by atoms with Crippen LogP contribution in [0.3, 0.4) is 0 Å². The minimum absolute atomic E-state index is 0. The molecule has 0 saturated heterocycles. The summed E-state index contributed by atoms with van der Waals surface area (Å²) in [5, 5.41) is 1.02. The Balaban J connectivity index is 0.00000112.